The van der Waals surface area contributed by atoms with Gasteiger partial charge in [0.25, 0.3) is 0 Å². The molecule has 0 bridgehead atoms. The molecule has 1 heterocycles. The van der Waals surface area contributed by atoms with E-state index >= 15 is 0 Å². The van der Waals surface area contributed by atoms with E-state index in [0.29, 0.717) is 24.0 Å². The summed E-state index contributed by atoms with van der Waals surface area (Å²) in [5.41, 5.74) is 1.11. The Morgan fingerprint density at radius 2 is 2.19 bits per heavy atom. The second-order valence-corrected chi connectivity index (χ2v) is 3.52. The summed E-state index contributed by atoms with van der Waals surface area (Å²) >= 11 is 0. The molecule has 0 radical (unpaired) electrons. The van der Waals surface area contributed by atoms with Crippen LogP contribution in [0.3, 0.4) is 0 Å². The summed E-state index contributed by atoms with van der Waals surface area (Å²) < 4.78 is 5.26. The number of hydrogen-bond donors (Lipinski definition) is 0. The number of rotatable bonds is 6. The molecule has 4 nitrogen and oxygen atoms in total. The van der Waals surface area contributed by atoms with Gasteiger partial charge in [-0.25, -0.2) is 4.98 Å². The molecule has 1 aromatic heterocycles. The number of ether oxygens (including phenoxy) is 1. The first-order chi connectivity index (χ1) is 7.72. The second kappa shape index (κ2) is 6.00. The number of aromatic nitrogens is 1. The van der Waals surface area contributed by atoms with Crippen molar-refractivity contribution in [3.63, 3.8) is 0 Å². The summed E-state index contributed by atoms with van der Waals surface area (Å²) in [6, 6.07) is 3.26. The number of nitrogens with zero attached hydrogens (tertiary/aromatic N) is 1. The lowest BCUT2D eigenvalue weighted by Gasteiger charge is -2.13. The van der Waals surface area contributed by atoms with Gasteiger partial charge in [0, 0.05) is 5.92 Å². The molecule has 1 unspecified atom stereocenters. The average molecular weight is 221 g/mol. The normalized spacial score (nSPS) is 11.9. The lowest BCUT2D eigenvalue weighted by atomic mass is 10.0. The van der Waals surface area contributed by atoms with Crippen LogP contribution in [0.25, 0.3) is 0 Å². The molecule has 0 aliphatic rings. The van der Waals surface area contributed by atoms with E-state index in [-0.39, 0.29) is 12.5 Å². The first-order valence-corrected chi connectivity index (χ1v) is 5.25. The van der Waals surface area contributed by atoms with E-state index in [9.17, 15) is 9.59 Å². The van der Waals surface area contributed by atoms with E-state index in [0.717, 1.165) is 12.1 Å². The lowest BCUT2D eigenvalue weighted by Crippen LogP contribution is -2.06. The fourth-order valence-corrected chi connectivity index (χ4v) is 1.34. The predicted molar refractivity (Wildman–Crippen MR) is 59.9 cm³/mol. The summed E-state index contributed by atoms with van der Waals surface area (Å²) in [6.07, 6.45) is 2.29. The zero-order chi connectivity index (χ0) is 12.0. The number of carbonyl (C=O) groups excluding carboxylic acids is 2. The third-order valence-electron chi connectivity index (χ3n) is 2.41. The highest BCUT2D eigenvalue weighted by molar-refractivity contribution is 5.72. The maximum atomic E-state index is 10.6. The van der Waals surface area contributed by atoms with E-state index in [2.05, 4.69) is 4.98 Å². The summed E-state index contributed by atoms with van der Waals surface area (Å²) in [7, 11) is 0. The Labute approximate surface area is 94.6 Å². The van der Waals surface area contributed by atoms with Gasteiger partial charge in [0.05, 0.1) is 5.69 Å². The van der Waals surface area contributed by atoms with E-state index in [1.54, 1.807) is 12.1 Å². The van der Waals surface area contributed by atoms with Gasteiger partial charge in [-0.3, -0.25) is 9.59 Å². The molecule has 1 atom stereocenters. The molecule has 16 heavy (non-hydrogen) atoms. The molecule has 0 saturated heterocycles. The number of carbonyl (C=O) groups is 2. The van der Waals surface area contributed by atoms with Crippen LogP contribution >= 0.6 is 0 Å². The van der Waals surface area contributed by atoms with Crippen LogP contribution < -0.4 is 4.74 Å². The lowest BCUT2D eigenvalue weighted by molar-refractivity contribution is -0.109. The Kier molecular flexibility index (Phi) is 4.64. The molecule has 0 amide bonds. The Hall–Kier alpha value is -1.71. The van der Waals surface area contributed by atoms with Crippen LogP contribution in [0.5, 0.6) is 5.75 Å². The van der Waals surface area contributed by atoms with Gasteiger partial charge in [0.2, 0.25) is 0 Å². The minimum absolute atomic E-state index is 0.00551. The maximum Gasteiger partial charge on any atom is 0.168 e. The van der Waals surface area contributed by atoms with E-state index < -0.39 is 0 Å². The smallest absolute Gasteiger partial charge is 0.168 e. The van der Waals surface area contributed by atoms with Crippen molar-refractivity contribution in [2.24, 2.45) is 0 Å². The van der Waals surface area contributed by atoms with Gasteiger partial charge in [0.15, 0.2) is 12.6 Å². The van der Waals surface area contributed by atoms with Crippen LogP contribution in [-0.2, 0) is 4.79 Å². The SMILES string of the molecule is CCC(C)c1nc(C=O)ccc1OCC=O. The highest BCUT2D eigenvalue weighted by atomic mass is 16.5. The van der Waals surface area contributed by atoms with Crippen molar-refractivity contribution < 1.29 is 14.3 Å². The fraction of sp³-hybridized carbons (Fsp3) is 0.417. The molecule has 0 spiro atoms. The first-order valence-electron chi connectivity index (χ1n) is 5.25. The second-order valence-electron chi connectivity index (χ2n) is 3.52. The van der Waals surface area contributed by atoms with Crippen LogP contribution in [0.4, 0.5) is 0 Å². The molecule has 1 aromatic rings. The van der Waals surface area contributed by atoms with Crippen molar-refractivity contribution in [2.45, 2.75) is 26.2 Å². The molecule has 0 aliphatic carbocycles. The summed E-state index contributed by atoms with van der Waals surface area (Å²) in [6.45, 7) is 4.04. The van der Waals surface area contributed by atoms with Crippen LogP contribution in [0.15, 0.2) is 12.1 Å². The van der Waals surface area contributed by atoms with Crippen LogP contribution in [-0.4, -0.2) is 24.2 Å². The molecule has 1 rings (SSSR count). The van der Waals surface area contributed by atoms with Crippen LogP contribution in [0.1, 0.15) is 42.4 Å². The number of pyridine rings is 1. The molecular weight excluding hydrogens is 206 g/mol. The van der Waals surface area contributed by atoms with Crippen LogP contribution in [0.2, 0.25) is 0 Å². The zero-order valence-corrected chi connectivity index (χ0v) is 9.47. The monoisotopic (exact) mass is 221 g/mol. The number of hydrogen-bond acceptors (Lipinski definition) is 4. The first kappa shape index (κ1) is 12.4. The van der Waals surface area contributed by atoms with Gasteiger partial charge < -0.3 is 4.74 Å². The van der Waals surface area contributed by atoms with Crippen LogP contribution in [0, 0.1) is 0 Å². The Morgan fingerprint density at radius 3 is 2.75 bits per heavy atom. The maximum absolute atomic E-state index is 10.6. The standard InChI is InChI=1S/C12H15NO3/c1-3-9(2)12-11(16-7-6-14)5-4-10(8-15)13-12/h4-6,8-9H,3,7H2,1-2H3. The quantitative estimate of drug-likeness (QED) is 0.689. The minimum atomic E-state index is 0.00551. The largest absolute Gasteiger partial charge is 0.484 e. The molecule has 0 aliphatic heterocycles. The Bertz CT molecular complexity index is 377. The van der Waals surface area contributed by atoms with Gasteiger partial charge in [-0.15, -0.1) is 0 Å². The molecule has 4 heteroatoms. The number of aldehydes is 2. The average Bonchev–Trinajstić information content (AvgIpc) is 2.35. The van der Waals surface area contributed by atoms with Crippen molar-refractivity contribution in [2.75, 3.05) is 6.61 Å². The van der Waals surface area contributed by atoms with Gasteiger partial charge in [-0.2, -0.15) is 0 Å². The topological polar surface area (TPSA) is 56.3 Å². The van der Waals surface area contributed by atoms with Gasteiger partial charge in [0.1, 0.15) is 18.1 Å². The molecule has 0 N–H and O–H groups in total. The highest BCUT2D eigenvalue weighted by Gasteiger charge is 2.12. The van der Waals surface area contributed by atoms with Crippen molar-refractivity contribution in [3.05, 3.63) is 23.5 Å². The van der Waals surface area contributed by atoms with E-state index in [1.165, 1.54) is 0 Å². The summed E-state index contributed by atoms with van der Waals surface area (Å²) in [5.74, 6) is 0.772. The highest BCUT2D eigenvalue weighted by Crippen LogP contribution is 2.26. The molecule has 0 saturated carbocycles. The van der Waals surface area contributed by atoms with Crippen molar-refractivity contribution in [1.82, 2.24) is 4.98 Å². The van der Waals surface area contributed by atoms with E-state index in [4.69, 9.17) is 4.74 Å². The zero-order valence-electron chi connectivity index (χ0n) is 9.47. The summed E-state index contributed by atoms with van der Waals surface area (Å²) in [5, 5.41) is 0. The fourth-order valence-electron chi connectivity index (χ4n) is 1.34. The third kappa shape index (κ3) is 2.89. The van der Waals surface area contributed by atoms with E-state index in [1.807, 2.05) is 13.8 Å². The van der Waals surface area contributed by atoms with Gasteiger partial charge in [-0.1, -0.05) is 13.8 Å². The van der Waals surface area contributed by atoms with Crippen molar-refractivity contribution in [3.8, 4) is 5.75 Å². The minimum Gasteiger partial charge on any atom is -0.484 e. The van der Waals surface area contributed by atoms with Gasteiger partial charge in [-0.05, 0) is 18.6 Å². The van der Waals surface area contributed by atoms with Crippen molar-refractivity contribution >= 4 is 12.6 Å². The molecule has 0 fully saturated rings. The predicted octanol–water partition coefficient (Wildman–Crippen LogP) is 1.99. The summed E-state index contributed by atoms with van der Waals surface area (Å²) in [4.78, 5) is 25.1. The third-order valence-corrected chi connectivity index (χ3v) is 2.41. The Balaban J connectivity index is 3.05. The molecule has 86 valence electrons. The van der Waals surface area contributed by atoms with Gasteiger partial charge >= 0.3 is 0 Å². The Morgan fingerprint density at radius 1 is 1.44 bits per heavy atom. The van der Waals surface area contributed by atoms with Crippen molar-refractivity contribution in [1.29, 1.82) is 0 Å². The molecule has 0 aromatic carbocycles. The molecular formula is C12H15NO3.